The van der Waals surface area contributed by atoms with Crippen molar-refractivity contribution < 1.29 is 8.42 Å². The Hall–Kier alpha value is -0.880. The van der Waals surface area contributed by atoms with E-state index >= 15 is 0 Å². The Morgan fingerprint density at radius 1 is 1.10 bits per heavy atom. The van der Waals surface area contributed by atoms with Crippen molar-refractivity contribution >= 4 is 37.6 Å². The summed E-state index contributed by atoms with van der Waals surface area (Å²) in [6.07, 6.45) is 0. The van der Waals surface area contributed by atoms with Crippen molar-refractivity contribution in [3.05, 3.63) is 63.6 Å². The van der Waals surface area contributed by atoms with Crippen molar-refractivity contribution in [3.8, 4) is 0 Å². The zero-order valence-electron chi connectivity index (χ0n) is 10.7. The van der Waals surface area contributed by atoms with Gasteiger partial charge < -0.3 is 0 Å². The van der Waals surface area contributed by atoms with Gasteiger partial charge in [-0.2, -0.15) is 0 Å². The summed E-state index contributed by atoms with van der Waals surface area (Å²) in [5.74, 6) is 0. The van der Waals surface area contributed by atoms with Crippen molar-refractivity contribution in [1.29, 1.82) is 0 Å². The Balaban J connectivity index is 2.24. The van der Waals surface area contributed by atoms with Crippen LogP contribution >= 0.6 is 27.5 Å². The van der Waals surface area contributed by atoms with Gasteiger partial charge in [-0.3, -0.25) is 0 Å². The van der Waals surface area contributed by atoms with E-state index < -0.39 is 10.0 Å². The standard InChI is InChI=1S/C14H13BrClNO2S/c1-10(13-4-2-3-5-14(13)15)17-20(18,19)12-8-6-11(16)7-9-12/h2-10,17H,1H3. The van der Waals surface area contributed by atoms with Crippen molar-refractivity contribution in [3.63, 3.8) is 0 Å². The fourth-order valence-corrected chi connectivity index (χ4v) is 3.78. The Kier molecular flexibility index (Phi) is 4.86. The van der Waals surface area contributed by atoms with Gasteiger partial charge in [0.2, 0.25) is 10.0 Å². The predicted molar refractivity (Wildman–Crippen MR) is 84.3 cm³/mol. The molecule has 0 aliphatic heterocycles. The molecule has 20 heavy (non-hydrogen) atoms. The quantitative estimate of drug-likeness (QED) is 0.874. The summed E-state index contributed by atoms with van der Waals surface area (Å²) in [6, 6.07) is 13.2. The molecule has 1 unspecified atom stereocenters. The van der Waals surface area contributed by atoms with Crippen LogP contribution < -0.4 is 4.72 Å². The van der Waals surface area contributed by atoms with E-state index in [-0.39, 0.29) is 10.9 Å². The summed E-state index contributed by atoms with van der Waals surface area (Å²) < 4.78 is 28.1. The molecule has 0 aliphatic carbocycles. The normalized spacial score (nSPS) is 13.2. The number of halogens is 2. The van der Waals surface area contributed by atoms with Gasteiger partial charge >= 0.3 is 0 Å². The highest BCUT2D eigenvalue weighted by Gasteiger charge is 2.19. The van der Waals surface area contributed by atoms with Crippen LogP contribution in [0.3, 0.4) is 0 Å². The minimum Gasteiger partial charge on any atom is -0.207 e. The second-order valence-electron chi connectivity index (χ2n) is 4.32. The average molecular weight is 375 g/mol. The topological polar surface area (TPSA) is 46.2 Å². The highest BCUT2D eigenvalue weighted by Crippen LogP contribution is 2.24. The van der Waals surface area contributed by atoms with Gasteiger partial charge in [-0.15, -0.1) is 0 Å². The summed E-state index contributed by atoms with van der Waals surface area (Å²) in [6.45, 7) is 1.80. The minimum atomic E-state index is -3.57. The van der Waals surface area contributed by atoms with Crippen LogP contribution in [0.1, 0.15) is 18.5 Å². The molecule has 0 fully saturated rings. The fourth-order valence-electron chi connectivity index (χ4n) is 1.80. The van der Waals surface area contributed by atoms with Crippen LogP contribution in [0.2, 0.25) is 5.02 Å². The van der Waals surface area contributed by atoms with Gasteiger partial charge in [0.15, 0.2) is 0 Å². The lowest BCUT2D eigenvalue weighted by molar-refractivity contribution is 0.566. The number of nitrogens with one attached hydrogen (secondary N) is 1. The molecule has 0 bridgehead atoms. The summed E-state index contributed by atoms with van der Waals surface area (Å²) in [4.78, 5) is 0.195. The largest absolute Gasteiger partial charge is 0.241 e. The molecule has 2 rings (SSSR count). The Morgan fingerprint density at radius 2 is 1.70 bits per heavy atom. The monoisotopic (exact) mass is 373 g/mol. The maximum atomic E-state index is 12.3. The average Bonchev–Trinajstić information content (AvgIpc) is 2.39. The molecule has 3 nitrogen and oxygen atoms in total. The van der Waals surface area contributed by atoms with Crippen LogP contribution in [0.4, 0.5) is 0 Å². The molecule has 0 spiro atoms. The van der Waals surface area contributed by atoms with Crippen LogP contribution in [0, 0.1) is 0 Å². The van der Waals surface area contributed by atoms with Crippen molar-refractivity contribution in [2.45, 2.75) is 17.9 Å². The molecule has 0 radical (unpaired) electrons. The van der Waals surface area contributed by atoms with Gasteiger partial charge in [0.25, 0.3) is 0 Å². The van der Waals surface area contributed by atoms with Crippen molar-refractivity contribution in [2.75, 3.05) is 0 Å². The maximum absolute atomic E-state index is 12.3. The molecule has 0 saturated carbocycles. The fraction of sp³-hybridized carbons (Fsp3) is 0.143. The van der Waals surface area contributed by atoms with Crippen LogP contribution in [0.25, 0.3) is 0 Å². The number of hydrogen-bond donors (Lipinski definition) is 1. The van der Waals surface area contributed by atoms with E-state index in [1.54, 1.807) is 19.1 Å². The maximum Gasteiger partial charge on any atom is 0.241 e. The molecule has 0 aliphatic rings. The van der Waals surface area contributed by atoms with Crippen LogP contribution in [-0.2, 0) is 10.0 Å². The van der Waals surface area contributed by atoms with Gasteiger partial charge in [0.1, 0.15) is 0 Å². The first-order chi connectivity index (χ1) is 9.40. The highest BCUT2D eigenvalue weighted by atomic mass is 79.9. The second-order valence-corrected chi connectivity index (χ2v) is 7.32. The molecule has 1 atom stereocenters. The lowest BCUT2D eigenvalue weighted by Gasteiger charge is -2.16. The summed E-state index contributed by atoms with van der Waals surface area (Å²) in [5, 5.41) is 0.503. The lowest BCUT2D eigenvalue weighted by Crippen LogP contribution is -2.27. The number of hydrogen-bond acceptors (Lipinski definition) is 2. The van der Waals surface area contributed by atoms with Crippen LogP contribution in [-0.4, -0.2) is 8.42 Å². The van der Waals surface area contributed by atoms with E-state index in [1.165, 1.54) is 12.1 Å². The van der Waals surface area contributed by atoms with Crippen LogP contribution in [0.5, 0.6) is 0 Å². The van der Waals surface area contributed by atoms with E-state index in [9.17, 15) is 8.42 Å². The Morgan fingerprint density at radius 3 is 2.30 bits per heavy atom. The first kappa shape index (κ1) is 15.5. The number of rotatable bonds is 4. The van der Waals surface area contributed by atoms with Gasteiger partial charge in [0, 0.05) is 15.5 Å². The Bertz CT molecular complexity index is 701. The zero-order valence-corrected chi connectivity index (χ0v) is 13.8. The third kappa shape index (κ3) is 3.61. The first-order valence-corrected chi connectivity index (χ1v) is 8.58. The molecule has 1 N–H and O–H groups in total. The van der Waals surface area contributed by atoms with E-state index in [0.717, 1.165) is 10.0 Å². The number of sulfonamides is 1. The zero-order chi connectivity index (χ0) is 14.8. The summed E-state index contributed by atoms with van der Waals surface area (Å²) in [7, 11) is -3.57. The SMILES string of the molecule is CC(NS(=O)(=O)c1ccc(Cl)cc1)c1ccccc1Br. The third-order valence-electron chi connectivity index (χ3n) is 2.83. The summed E-state index contributed by atoms with van der Waals surface area (Å²) in [5.41, 5.74) is 0.880. The molecule has 0 saturated heterocycles. The van der Waals surface area contributed by atoms with E-state index in [2.05, 4.69) is 20.7 Å². The molecule has 106 valence electrons. The Labute approximate surface area is 132 Å². The van der Waals surface area contributed by atoms with Crippen LogP contribution in [0.15, 0.2) is 57.9 Å². The van der Waals surface area contributed by atoms with Gasteiger partial charge in [-0.1, -0.05) is 45.7 Å². The third-order valence-corrected chi connectivity index (χ3v) is 5.36. The van der Waals surface area contributed by atoms with E-state index in [0.29, 0.717) is 5.02 Å². The molecule has 0 amide bonds. The van der Waals surface area contributed by atoms with Crippen molar-refractivity contribution in [2.24, 2.45) is 0 Å². The minimum absolute atomic E-state index is 0.195. The summed E-state index contributed by atoms with van der Waals surface area (Å²) >= 11 is 9.18. The van der Waals surface area contributed by atoms with Gasteiger partial charge in [0.05, 0.1) is 4.90 Å². The lowest BCUT2D eigenvalue weighted by atomic mass is 10.1. The molecular formula is C14H13BrClNO2S. The molecule has 2 aromatic rings. The van der Waals surface area contributed by atoms with E-state index in [4.69, 9.17) is 11.6 Å². The second kappa shape index (κ2) is 6.26. The molecule has 0 heterocycles. The van der Waals surface area contributed by atoms with Crippen molar-refractivity contribution in [1.82, 2.24) is 4.72 Å². The molecular weight excluding hydrogens is 362 g/mol. The molecule has 0 aromatic heterocycles. The predicted octanol–water partition coefficient (Wildman–Crippen LogP) is 4.14. The van der Waals surface area contributed by atoms with Gasteiger partial charge in [-0.25, -0.2) is 13.1 Å². The molecule has 2 aromatic carbocycles. The smallest absolute Gasteiger partial charge is 0.207 e. The van der Waals surface area contributed by atoms with Gasteiger partial charge in [-0.05, 0) is 42.8 Å². The first-order valence-electron chi connectivity index (χ1n) is 5.92. The molecule has 6 heteroatoms. The number of benzene rings is 2. The highest BCUT2D eigenvalue weighted by molar-refractivity contribution is 9.10. The van der Waals surface area contributed by atoms with E-state index in [1.807, 2.05) is 24.3 Å².